The van der Waals surface area contributed by atoms with Crippen LogP contribution in [0.2, 0.25) is 0 Å². The van der Waals surface area contributed by atoms with E-state index in [-0.39, 0.29) is 29.1 Å². The van der Waals surface area contributed by atoms with Crippen LogP contribution < -0.4 is 0 Å². The highest BCUT2D eigenvalue weighted by Crippen LogP contribution is 2.27. The number of likely N-dealkylation sites (tertiary alicyclic amines) is 1. The molecule has 0 bridgehead atoms. The Morgan fingerprint density at radius 2 is 1.77 bits per heavy atom. The molecule has 4 heterocycles. The lowest BCUT2D eigenvalue weighted by molar-refractivity contribution is -0.112. The molecule has 1 aliphatic heterocycles. The smallest absolute Gasteiger partial charge is 0.276 e. The number of rotatable bonds is 7. The summed E-state index contributed by atoms with van der Waals surface area (Å²) in [5, 5.41) is 14.4. The van der Waals surface area contributed by atoms with Crippen molar-refractivity contribution in [1.29, 1.82) is 0 Å². The van der Waals surface area contributed by atoms with Gasteiger partial charge in [-0.05, 0) is 56.0 Å². The van der Waals surface area contributed by atoms with Crippen LogP contribution in [0.25, 0.3) is 34.7 Å². The Kier molecular flexibility index (Phi) is 8.09. The molecule has 5 rings (SSSR count). The van der Waals surface area contributed by atoms with Gasteiger partial charge in [0.05, 0.1) is 17.6 Å². The molecule has 3 aromatic heterocycles. The molecule has 1 aromatic carbocycles. The Labute approximate surface area is 232 Å². The highest BCUT2D eigenvalue weighted by atomic mass is 16.3. The number of benzene rings is 1. The first-order chi connectivity index (χ1) is 19.5. The maximum Gasteiger partial charge on any atom is 0.276 e. The van der Waals surface area contributed by atoms with Gasteiger partial charge in [-0.15, -0.1) is 5.73 Å². The van der Waals surface area contributed by atoms with Gasteiger partial charge in [0.1, 0.15) is 5.75 Å². The average molecular weight is 532 g/mol. The number of allylic oxidation sites excluding steroid dienone is 2. The molecule has 4 aromatic rings. The standard InChI is InChI=1S/C32H29N5O3/c1-23(38)14-20-37-29(27(22-35-37)26-12-13-28(34-21-26)25-8-3-2-4-9-25)10-5-7-24-15-18-36(19-16-24)32(40)31-30(39)11-6-17-33-31/h2-4,6-14,17,20-22,24,39H,15-16,18-19H2,1H3. The fourth-order valence-corrected chi connectivity index (χ4v) is 4.61. The highest BCUT2D eigenvalue weighted by Gasteiger charge is 2.25. The number of carbonyl (C=O) groups excluding carboxylic acids is 2. The second-order valence-electron chi connectivity index (χ2n) is 9.59. The summed E-state index contributed by atoms with van der Waals surface area (Å²) in [5.74, 6) is -0.184. The van der Waals surface area contributed by atoms with Crippen molar-refractivity contribution >= 4 is 24.0 Å². The van der Waals surface area contributed by atoms with Gasteiger partial charge < -0.3 is 10.0 Å². The number of piperidine rings is 1. The van der Waals surface area contributed by atoms with Gasteiger partial charge in [0.15, 0.2) is 11.5 Å². The summed E-state index contributed by atoms with van der Waals surface area (Å²) >= 11 is 0. The van der Waals surface area contributed by atoms with Crippen molar-refractivity contribution < 1.29 is 14.7 Å². The number of nitrogens with zero attached hydrogens (tertiary/aromatic N) is 5. The van der Waals surface area contributed by atoms with Crippen molar-refractivity contribution in [2.75, 3.05) is 13.1 Å². The van der Waals surface area contributed by atoms with E-state index in [1.54, 1.807) is 28.0 Å². The van der Waals surface area contributed by atoms with E-state index in [1.807, 2.05) is 60.8 Å². The third-order valence-electron chi connectivity index (χ3n) is 6.80. The fraction of sp³-hybridized carbons (Fsp3) is 0.188. The van der Waals surface area contributed by atoms with Gasteiger partial charge in [-0.1, -0.05) is 36.4 Å². The third kappa shape index (κ3) is 6.14. The van der Waals surface area contributed by atoms with Crippen LogP contribution in [-0.4, -0.2) is 54.5 Å². The molecule has 40 heavy (non-hydrogen) atoms. The topological polar surface area (TPSA) is 101 Å². The first-order valence-corrected chi connectivity index (χ1v) is 13.1. The summed E-state index contributed by atoms with van der Waals surface area (Å²) in [6.45, 7) is 2.64. The van der Waals surface area contributed by atoms with Gasteiger partial charge in [-0.3, -0.25) is 14.6 Å². The molecule has 8 nitrogen and oxygen atoms in total. The van der Waals surface area contributed by atoms with Crippen LogP contribution in [0, 0.1) is 5.92 Å². The van der Waals surface area contributed by atoms with Crippen LogP contribution in [-0.2, 0) is 4.79 Å². The number of aromatic hydroxyl groups is 1. The highest BCUT2D eigenvalue weighted by molar-refractivity contribution is 5.94. The SMILES string of the molecule is CC(=O)C=Cn1ncc(-c2ccc(-c3ccccc3)nc2)c1C=C=CC1CCN(C(=O)c2ncccc2O)CC1. The van der Waals surface area contributed by atoms with Crippen LogP contribution in [0.3, 0.4) is 0 Å². The number of hydrogen-bond donors (Lipinski definition) is 1. The molecular formula is C32H29N5O3. The number of pyridine rings is 2. The fourth-order valence-electron chi connectivity index (χ4n) is 4.61. The molecule has 0 spiro atoms. The molecule has 0 atom stereocenters. The number of carbonyl (C=O) groups is 2. The first kappa shape index (κ1) is 26.5. The molecule has 0 saturated carbocycles. The lowest BCUT2D eigenvalue weighted by Gasteiger charge is -2.30. The second kappa shape index (κ2) is 12.2. The lowest BCUT2D eigenvalue weighted by Crippen LogP contribution is -2.38. The van der Waals surface area contributed by atoms with Crippen molar-refractivity contribution in [1.82, 2.24) is 24.6 Å². The summed E-state index contributed by atoms with van der Waals surface area (Å²) in [6, 6.07) is 17.1. The van der Waals surface area contributed by atoms with Gasteiger partial charge in [0.2, 0.25) is 0 Å². The minimum absolute atomic E-state index is 0.0725. The van der Waals surface area contributed by atoms with E-state index in [0.29, 0.717) is 13.1 Å². The maximum absolute atomic E-state index is 12.7. The first-order valence-electron chi connectivity index (χ1n) is 13.1. The molecule has 0 aliphatic carbocycles. The molecule has 200 valence electrons. The van der Waals surface area contributed by atoms with Crippen molar-refractivity contribution in [2.24, 2.45) is 5.92 Å². The van der Waals surface area contributed by atoms with Crippen molar-refractivity contribution in [3.05, 3.63) is 102 Å². The lowest BCUT2D eigenvalue weighted by atomic mass is 9.96. The molecule has 0 unspecified atom stereocenters. The largest absolute Gasteiger partial charge is 0.505 e. The second-order valence-corrected chi connectivity index (χ2v) is 9.59. The minimum atomic E-state index is -0.256. The maximum atomic E-state index is 12.7. The Bertz CT molecular complexity index is 1590. The monoisotopic (exact) mass is 531 g/mol. The van der Waals surface area contributed by atoms with Crippen LogP contribution in [0.1, 0.15) is 35.9 Å². The van der Waals surface area contributed by atoms with Crippen molar-refractivity contribution in [2.45, 2.75) is 19.8 Å². The zero-order valence-electron chi connectivity index (χ0n) is 22.1. The van der Waals surface area contributed by atoms with Crippen molar-refractivity contribution in [3.63, 3.8) is 0 Å². The molecule has 1 saturated heterocycles. The van der Waals surface area contributed by atoms with E-state index in [4.69, 9.17) is 0 Å². The van der Waals surface area contributed by atoms with Crippen LogP contribution >= 0.6 is 0 Å². The summed E-state index contributed by atoms with van der Waals surface area (Å²) in [4.78, 5) is 34.7. The zero-order valence-corrected chi connectivity index (χ0v) is 22.1. The zero-order chi connectivity index (χ0) is 27.9. The quantitative estimate of drug-likeness (QED) is 0.250. The van der Waals surface area contributed by atoms with Crippen molar-refractivity contribution in [3.8, 4) is 28.1 Å². The van der Waals surface area contributed by atoms with Gasteiger partial charge in [0, 0.05) is 54.4 Å². The third-order valence-corrected chi connectivity index (χ3v) is 6.80. The summed E-state index contributed by atoms with van der Waals surface area (Å²) in [7, 11) is 0. The molecule has 1 aliphatic rings. The molecule has 1 fully saturated rings. The normalized spacial score (nSPS) is 13.7. The Morgan fingerprint density at radius 1 is 0.975 bits per heavy atom. The minimum Gasteiger partial charge on any atom is -0.505 e. The van der Waals surface area contributed by atoms with E-state index < -0.39 is 0 Å². The van der Waals surface area contributed by atoms with E-state index in [2.05, 4.69) is 20.8 Å². The van der Waals surface area contributed by atoms with Gasteiger partial charge >= 0.3 is 0 Å². The van der Waals surface area contributed by atoms with Crippen LogP contribution in [0.5, 0.6) is 5.75 Å². The van der Waals surface area contributed by atoms with Gasteiger partial charge in [0.25, 0.3) is 5.91 Å². The predicted octanol–water partition coefficient (Wildman–Crippen LogP) is 5.49. The average Bonchev–Trinajstić information content (AvgIpc) is 3.39. The molecule has 1 amide bonds. The molecule has 1 N–H and O–H groups in total. The van der Waals surface area contributed by atoms with Crippen LogP contribution in [0.4, 0.5) is 0 Å². The van der Waals surface area contributed by atoms with E-state index in [1.165, 1.54) is 25.3 Å². The van der Waals surface area contributed by atoms with E-state index >= 15 is 0 Å². The molecule has 0 radical (unpaired) electrons. The summed E-state index contributed by atoms with van der Waals surface area (Å²) in [5.41, 5.74) is 7.88. The van der Waals surface area contributed by atoms with E-state index in [9.17, 15) is 14.7 Å². The number of hydrogen-bond acceptors (Lipinski definition) is 6. The van der Waals surface area contributed by atoms with Gasteiger partial charge in [-0.2, -0.15) is 5.10 Å². The summed E-state index contributed by atoms with van der Waals surface area (Å²) in [6.07, 6.45) is 13.6. The number of ketones is 1. The Morgan fingerprint density at radius 3 is 2.48 bits per heavy atom. The molecule has 8 heteroatoms. The van der Waals surface area contributed by atoms with E-state index in [0.717, 1.165) is 40.9 Å². The van der Waals surface area contributed by atoms with Gasteiger partial charge in [-0.25, -0.2) is 9.67 Å². The summed E-state index contributed by atoms with van der Waals surface area (Å²) < 4.78 is 1.66. The number of amides is 1. The predicted molar refractivity (Wildman–Crippen MR) is 154 cm³/mol. The Hall–Kier alpha value is -5.07. The van der Waals surface area contributed by atoms with Crippen LogP contribution in [0.15, 0.2) is 91.1 Å². The molecular weight excluding hydrogens is 502 g/mol. The number of aromatic nitrogens is 4. The Balaban J connectivity index is 1.33.